The highest BCUT2D eigenvalue weighted by molar-refractivity contribution is 5.98. The lowest BCUT2D eigenvalue weighted by atomic mass is 9.82. The fourth-order valence-corrected chi connectivity index (χ4v) is 4.60. The molecule has 0 bridgehead atoms. The van der Waals surface area contributed by atoms with Crippen molar-refractivity contribution in [2.45, 2.75) is 103 Å². The number of nitrogens with zero attached hydrogens (tertiary/aromatic N) is 1. The first-order chi connectivity index (χ1) is 14.6. The van der Waals surface area contributed by atoms with Crippen molar-refractivity contribution in [3.63, 3.8) is 0 Å². The maximum atomic E-state index is 13.8. The zero-order valence-electron chi connectivity index (χ0n) is 18.9. The van der Waals surface area contributed by atoms with Crippen LogP contribution in [-0.2, 0) is 4.79 Å². The molecule has 6 nitrogen and oxygen atoms in total. The Morgan fingerprint density at radius 3 is 2.32 bits per heavy atom. The van der Waals surface area contributed by atoms with Crippen molar-refractivity contribution in [1.82, 2.24) is 21.5 Å². The quantitative estimate of drug-likeness (QED) is 0.396. The highest BCUT2D eigenvalue weighted by Crippen LogP contribution is 2.31. The van der Waals surface area contributed by atoms with Crippen LogP contribution in [0.15, 0.2) is 4.99 Å². The number of nitrogens with one attached hydrogen (secondary N) is 4. The van der Waals surface area contributed by atoms with E-state index in [9.17, 15) is 18.0 Å². The Hall–Kier alpha value is -1.35. The van der Waals surface area contributed by atoms with E-state index < -0.39 is 24.4 Å². The molecule has 31 heavy (non-hydrogen) atoms. The lowest BCUT2D eigenvalue weighted by Crippen LogP contribution is -2.52. The second kappa shape index (κ2) is 10.5. The molecule has 178 valence electrons. The lowest BCUT2D eigenvalue weighted by Gasteiger charge is -2.28. The summed E-state index contributed by atoms with van der Waals surface area (Å²) in [7, 11) is 0. The van der Waals surface area contributed by atoms with Crippen LogP contribution in [0.5, 0.6) is 0 Å². The van der Waals surface area contributed by atoms with Crippen molar-refractivity contribution in [2.24, 2.45) is 22.2 Å². The maximum Gasteiger partial charge on any atom is 0.229 e. The van der Waals surface area contributed by atoms with E-state index >= 15 is 0 Å². The minimum absolute atomic E-state index is 0.0666. The van der Waals surface area contributed by atoms with Crippen molar-refractivity contribution in [2.75, 3.05) is 6.54 Å². The van der Waals surface area contributed by atoms with Gasteiger partial charge in [-0.2, -0.15) is 0 Å². The summed E-state index contributed by atoms with van der Waals surface area (Å²) in [5.74, 6) is -0.0984. The first-order valence-corrected chi connectivity index (χ1v) is 11.7. The van der Waals surface area contributed by atoms with Gasteiger partial charge in [-0.05, 0) is 62.7 Å². The largest absolute Gasteiger partial charge is 0.339 e. The van der Waals surface area contributed by atoms with Crippen LogP contribution in [0, 0.1) is 17.3 Å². The Balaban J connectivity index is 1.57. The van der Waals surface area contributed by atoms with Gasteiger partial charge >= 0.3 is 0 Å². The molecule has 0 aromatic rings. The predicted molar refractivity (Wildman–Crippen MR) is 115 cm³/mol. The van der Waals surface area contributed by atoms with Gasteiger partial charge in [0.1, 0.15) is 18.5 Å². The molecule has 0 aromatic carbocycles. The van der Waals surface area contributed by atoms with Gasteiger partial charge in [-0.25, -0.2) is 18.6 Å². The van der Waals surface area contributed by atoms with Crippen LogP contribution in [0.25, 0.3) is 0 Å². The second-order valence-electron chi connectivity index (χ2n) is 10.6. The van der Waals surface area contributed by atoms with E-state index in [4.69, 9.17) is 0 Å². The Morgan fingerprint density at radius 2 is 1.68 bits per heavy atom. The standard InChI is InChI=1S/C22H38F3N5O/c1-22(2,3)12-26-21(28-20(31)14-6-9-16(24)17(25)10-14)27-19-11-18(29-30-19)13-4-7-15(23)8-5-13/h13-19,29-30H,4-12H2,1-3H3,(H2,26,27,28,31). The minimum atomic E-state index is -1.59. The monoisotopic (exact) mass is 445 g/mol. The number of hydrazine groups is 1. The van der Waals surface area contributed by atoms with Crippen LogP contribution in [-0.4, -0.2) is 49.1 Å². The van der Waals surface area contributed by atoms with Crippen molar-refractivity contribution in [3.05, 3.63) is 0 Å². The van der Waals surface area contributed by atoms with E-state index in [1.807, 2.05) is 0 Å². The van der Waals surface area contributed by atoms with Crippen LogP contribution < -0.4 is 21.5 Å². The zero-order chi connectivity index (χ0) is 22.6. The number of alkyl halides is 3. The highest BCUT2D eigenvalue weighted by atomic mass is 19.2. The van der Waals surface area contributed by atoms with Crippen LogP contribution in [0.1, 0.15) is 72.1 Å². The highest BCUT2D eigenvalue weighted by Gasteiger charge is 2.36. The van der Waals surface area contributed by atoms with Gasteiger partial charge < -0.3 is 5.32 Å². The van der Waals surface area contributed by atoms with Crippen LogP contribution in [0.4, 0.5) is 13.2 Å². The number of rotatable bonds is 4. The molecule has 1 saturated heterocycles. The number of carbonyl (C=O) groups is 1. The number of halogens is 3. The van der Waals surface area contributed by atoms with Crippen molar-refractivity contribution < 1.29 is 18.0 Å². The van der Waals surface area contributed by atoms with E-state index in [1.54, 1.807) is 0 Å². The van der Waals surface area contributed by atoms with E-state index in [1.165, 1.54) is 0 Å². The number of guanidine groups is 1. The smallest absolute Gasteiger partial charge is 0.229 e. The summed E-state index contributed by atoms with van der Waals surface area (Å²) >= 11 is 0. The van der Waals surface area contributed by atoms with Crippen molar-refractivity contribution in [1.29, 1.82) is 0 Å². The molecule has 2 saturated carbocycles. The molecule has 1 heterocycles. The maximum absolute atomic E-state index is 13.8. The predicted octanol–water partition coefficient (Wildman–Crippen LogP) is 3.29. The lowest BCUT2D eigenvalue weighted by molar-refractivity contribution is -0.125. The first kappa shape index (κ1) is 24.3. The summed E-state index contributed by atoms with van der Waals surface area (Å²) in [6.45, 7) is 6.67. The summed E-state index contributed by atoms with van der Waals surface area (Å²) in [5, 5.41) is 6.07. The SMILES string of the molecule is CC(C)(C)CN=C(NC(=O)C1CCC(F)C(F)C1)NC1CC(C2CCC(F)CC2)NN1. The number of hydrogen-bond acceptors (Lipinski definition) is 4. The average Bonchev–Trinajstić information content (AvgIpc) is 3.16. The van der Waals surface area contributed by atoms with Gasteiger partial charge in [0.15, 0.2) is 5.96 Å². The molecule has 0 aromatic heterocycles. The zero-order valence-corrected chi connectivity index (χ0v) is 18.9. The fourth-order valence-electron chi connectivity index (χ4n) is 4.60. The molecule has 5 unspecified atom stereocenters. The molecule has 4 N–H and O–H groups in total. The normalized spacial score (nSPS) is 37.5. The first-order valence-electron chi connectivity index (χ1n) is 11.7. The van der Waals surface area contributed by atoms with Gasteiger partial charge in [-0.15, -0.1) is 0 Å². The number of amides is 1. The van der Waals surface area contributed by atoms with E-state index in [0.717, 1.165) is 19.3 Å². The third-order valence-corrected chi connectivity index (χ3v) is 6.53. The van der Waals surface area contributed by atoms with Gasteiger partial charge in [-0.1, -0.05) is 20.8 Å². The van der Waals surface area contributed by atoms with Crippen molar-refractivity contribution >= 4 is 11.9 Å². The molecule has 1 aliphatic heterocycles. The van der Waals surface area contributed by atoms with Crippen LogP contribution >= 0.6 is 0 Å². The molecule has 3 fully saturated rings. The Morgan fingerprint density at radius 1 is 0.968 bits per heavy atom. The minimum Gasteiger partial charge on any atom is -0.339 e. The van der Waals surface area contributed by atoms with Crippen LogP contribution in [0.3, 0.4) is 0 Å². The molecule has 9 heteroatoms. The van der Waals surface area contributed by atoms with Crippen LogP contribution in [0.2, 0.25) is 0 Å². The summed E-state index contributed by atoms with van der Waals surface area (Å²) in [5.41, 5.74) is 6.45. The molecular weight excluding hydrogens is 407 g/mol. The Labute approximate surface area is 183 Å². The number of hydrogen-bond donors (Lipinski definition) is 4. The molecule has 3 rings (SSSR count). The van der Waals surface area contributed by atoms with Gasteiger partial charge in [0.2, 0.25) is 5.91 Å². The molecular formula is C22H38F3N5O. The molecule has 0 radical (unpaired) electrons. The average molecular weight is 446 g/mol. The van der Waals surface area contributed by atoms with Gasteiger partial charge in [0.25, 0.3) is 0 Å². The fraction of sp³-hybridized carbons (Fsp3) is 0.909. The molecule has 5 atom stereocenters. The third-order valence-electron chi connectivity index (χ3n) is 6.53. The summed E-state index contributed by atoms with van der Waals surface area (Å²) < 4.78 is 40.6. The molecule has 2 aliphatic carbocycles. The Kier molecular flexibility index (Phi) is 8.24. The van der Waals surface area contributed by atoms with Crippen molar-refractivity contribution in [3.8, 4) is 0 Å². The summed E-state index contributed by atoms with van der Waals surface area (Å²) in [6.07, 6.45) is 0.187. The third kappa shape index (κ3) is 7.34. The summed E-state index contributed by atoms with van der Waals surface area (Å²) in [6, 6.07) is 0.233. The van der Waals surface area contributed by atoms with E-state index in [2.05, 4.69) is 47.2 Å². The van der Waals surface area contributed by atoms with Gasteiger partial charge in [0, 0.05) is 18.5 Å². The topological polar surface area (TPSA) is 77.5 Å². The van der Waals surface area contributed by atoms with Gasteiger partial charge in [0.05, 0.1) is 6.17 Å². The molecule has 1 amide bonds. The van der Waals surface area contributed by atoms with E-state index in [-0.39, 0.29) is 36.4 Å². The second-order valence-corrected chi connectivity index (χ2v) is 10.6. The van der Waals surface area contributed by atoms with Gasteiger partial charge in [-0.3, -0.25) is 20.5 Å². The number of aliphatic imine (C=N–C) groups is 1. The molecule has 0 spiro atoms. The van der Waals surface area contributed by atoms with E-state index in [0.29, 0.717) is 37.7 Å². The number of carbonyl (C=O) groups excluding carboxylic acids is 1. The molecule has 3 aliphatic rings. The Bertz CT molecular complexity index is 633. The summed E-state index contributed by atoms with van der Waals surface area (Å²) in [4.78, 5) is 17.3.